The van der Waals surface area contributed by atoms with Crippen LogP contribution >= 0.6 is 0 Å². The number of hydrogen-bond acceptors (Lipinski definition) is 2. The molecule has 1 saturated heterocycles. The molecule has 0 aromatic carbocycles. The molecular weight excluding hydrogens is 202 g/mol. The monoisotopic (exact) mass is 221 g/mol. The van der Waals surface area contributed by atoms with Gasteiger partial charge in [0.1, 0.15) is 5.84 Å². The van der Waals surface area contributed by atoms with Crippen molar-refractivity contribution in [1.29, 1.82) is 5.41 Å². The van der Waals surface area contributed by atoms with E-state index in [0.717, 1.165) is 19.3 Å². The van der Waals surface area contributed by atoms with E-state index in [1.54, 1.807) is 4.90 Å². The van der Waals surface area contributed by atoms with Crippen LogP contribution in [0.25, 0.3) is 0 Å². The van der Waals surface area contributed by atoms with Crippen molar-refractivity contribution in [3.05, 3.63) is 0 Å². The minimum absolute atomic E-state index is 0.139. The van der Waals surface area contributed by atoms with Gasteiger partial charge in [-0.05, 0) is 6.42 Å². The number of unbranched alkanes of at least 4 members (excludes halogenated alkanes) is 3. The molecule has 0 bridgehead atoms. The van der Waals surface area contributed by atoms with Gasteiger partial charge in [-0.25, -0.2) is 4.79 Å². The SMILES string of the molecule is C#CCN1C(=O)NC(=N)C1CCCCCC. The summed E-state index contributed by atoms with van der Waals surface area (Å²) < 4.78 is 0. The third kappa shape index (κ3) is 2.99. The molecule has 2 amide bonds. The van der Waals surface area contributed by atoms with Crippen LogP contribution in [0.4, 0.5) is 4.79 Å². The Balaban J connectivity index is 2.45. The lowest BCUT2D eigenvalue weighted by Gasteiger charge is -2.19. The summed E-state index contributed by atoms with van der Waals surface area (Å²) in [6.07, 6.45) is 10.6. The van der Waals surface area contributed by atoms with E-state index >= 15 is 0 Å². The Labute approximate surface area is 96.9 Å². The zero-order valence-electron chi connectivity index (χ0n) is 9.75. The van der Waals surface area contributed by atoms with Gasteiger partial charge in [-0.1, -0.05) is 38.5 Å². The average Bonchev–Trinajstić information content (AvgIpc) is 2.51. The van der Waals surface area contributed by atoms with Crippen molar-refractivity contribution in [3.63, 3.8) is 0 Å². The largest absolute Gasteiger partial charge is 0.324 e. The fourth-order valence-electron chi connectivity index (χ4n) is 1.91. The lowest BCUT2D eigenvalue weighted by atomic mass is 10.1. The van der Waals surface area contributed by atoms with Crippen molar-refractivity contribution in [2.45, 2.75) is 45.1 Å². The molecule has 0 aliphatic carbocycles. The molecule has 0 radical (unpaired) electrons. The molecule has 4 nitrogen and oxygen atoms in total. The number of nitrogens with one attached hydrogen (secondary N) is 2. The van der Waals surface area contributed by atoms with Crippen LogP contribution in [0.2, 0.25) is 0 Å². The number of amides is 2. The number of urea groups is 1. The summed E-state index contributed by atoms with van der Waals surface area (Å²) in [5.41, 5.74) is 0. The summed E-state index contributed by atoms with van der Waals surface area (Å²) in [4.78, 5) is 13.0. The third-order valence-electron chi connectivity index (χ3n) is 2.80. The maximum atomic E-state index is 11.5. The molecule has 88 valence electrons. The molecule has 0 spiro atoms. The zero-order chi connectivity index (χ0) is 12.0. The molecule has 1 aliphatic heterocycles. The van der Waals surface area contributed by atoms with Gasteiger partial charge in [-0.2, -0.15) is 0 Å². The van der Waals surface area contributed by atoms with E-state index in [-0.39, 0.29) is 24.5 Å². The first-order valence-electron chi connectivity index (χ1n) is 5.80. The molecule has 0 aromatic heterocycles. The Bertz CT molecular complexity index is 306. The quantitative estimate of drug-likeness (QED) is 0.523. The van der Waals surface area contributed by atoms with Gasteiger partial charge in [0.2, 0.25) is 0 Å². The lowest BCUT2D eigenvalue weighted by Crippen LogP contribution is -2.35. The van der Waals surface area contributed by atoms with Crippen LogP contribution in [0.3, 0.4) is 0 Å². The van der Waals surface area contributed by atoms with Gasteiger partial charge in [0.15, 0.2) is 0 Å². The van der Waals surface area contributed by atoms with Crippen molar-refractivity contribution >= 4 is 11.9 Å². The molecule has 1 fully saturated rings. The zero-order valence-corrected chi connectivity index (χ0v) is 9.75. The van der Waals surface area contributed by atoms with Crippen LogP contribution in [-0.2, 0) is 0 Å². The highest BCUT2D eigenvalue weighted by Crippen LogP contribution is 2.15. The van der Waals surface area contributed by atoms with Crippen molar-refractivity contribution < 1.29 is 4.79 Å². The first-order valence-corrected chi connectivity index (χ1v) is 5.80. The molecule has 1 unspecified atom stereocenters. The fraction of sp³-hybridized carbons (Fsp3) is 0.667. The molecule has 1 aliphatic rings. The van der Waals surface area contributed by atoms with Crippen LogP contribution in [0.15, 0.2) is 0 Å². The van der Waals surface area contributed by atoms with E-state index in [9.17, 15) is 4.79 Å². The van der Waals surface area contributed by atoms with Crippen molar-refractivity contribution in [1.82, 2.24) is 10.2 Å². The Hall–Kier alpha value is -1.50. The summed E-state index contributed by atoms with van der Waals surface area (Å²) in [6.45, 7) is 2.44. The number of amidine groups is 1. The van der Waals surface area contributed by atoms with Gasteiger partial charge in [0, 0.05) is 0 Å². The minimum Gasteiger partial charge on any atom is -0.303 e. The molecule has 1 atom stereocenters. The van der Waals surface area contributed by atoms with E-state index in [1.807, 2.05) is 0 Å². The van der Waals surface area contributed by atoms with E-state index in [4.69, 9.17) is 11.8 Å². The number of hydrogen-bond donors (Lipinski definition) is 2. The average molecular weight is 221 g/mol. The molecule has 0 aromatic rings. The maximum absolute atomic E-state index is 11.5. The molecule has 2 N–H and O–H groups in total. The second-order valence-electron chi connectivity index (χ2n) is 4.04. The fourth-order valence-corrected chi connectivity index (χ4v) is 1.91. The molecule has 16 heavy (non-hydrogen) atoms. The second kappa shape index (κ2) is 6.16. The van der Waals surface area contributed by atoms with Crippen LogP contribution in [0.5, 0.6) is 0 Å². The number of carbonyl (C=O) groups excluding carboxylic acids is 1. The van der Waals surface area contributed by atoms with E-state index in [1.165, 1.54) is 12.8 Å². The van der Waals surface area contributed by atoms with Gasteiger partial charge < -0.3 is 4.90 Å². The smallest absolute Gasteiger partial charge is 0.303 e. The highest BCUT2D eigenvalue weighted by molar-refractivity contribution is 6.05. The third-order valence-corrected chi connectivity index (χ3v) is 2.80. The summed E-state index contributed by atoms with van der Waals surface area (Å²) >= 11 is 0. The molecule has 1 rings (SSSR count). The number of carbonyl (C=O) groups is 1. The summed E-state index contributed by atoms with van der Waals surface area (Å²) in [7, 11) is 0. The van der Waals surface area contributed by atoms with Crippen LogP contribution in [0.1, 0.15) is 39.0 Å². The molecule has 0 saturated carbocycles. The summed E-state index contributed by atoms with van der Waals surface area (Å²) in [5.74, 6) is 2.75. The van der Waals surface area contributed by atoms with E-state index in [2.05, 4.69) is 18.2 Å². The van der Waals surface area contributed by atoms with Crippen molar-refractivity contribution in [2.24, 2.45) is 0 Å². The van der Waals surface area contributed by atoms with Gasteiger partial charge in [0.05, 0.1) is 12.6 Å². The summed E-state index contributed by atoms with van der Waals surface area (Å²) in [6, 6.07) is -0.371. The van der Waals surface area contributed by atoms with Gasteiger partial charge in [-0.15, -0.1) is 6.42 Å². The number of rotatable bonds is 6. The minimum atomic E-state index is -0.233. The maximum Gasteiger partial charge on any atom is 0.324 e. The first kappa shape index (κ1) is 12.6. The lowest BCUT2D eigenvalue weighted by molar-refractivity contribution is 0.210. The molecule has 1 heterocycles. The summed E-state index contributed by atoms with van der Waals surface area (Å²) in [5, 5.41) is 10.2. The standard InChI is InChI=1S/C12H19N3O/c1-3-5-6-7-8-10-11(13)14-12(16)15(10)9-4-2/h2,10H,3,5-9H2,1H3,(H2,13,14,16). The highest BCUT2D eigenvalue weighted by atomic mass is 16.2. The van der Waals surface area contributed by atoms with Crippen LogP contribution in [0, 0.1) is 17.8 Å². The van der Waals surface area contributed by atoms with Gasteiger partial charge >= 0.3 is 6.03 Å². The second-order valence-corrected chi connectivity index (χ2v) is 4.04. The Morgan fingerprint density at radius 1 is 1.50 bits per heavy atom. The van der Waals surface area contributed by atoms with Gasteiger partial charge in [-0.3, -0.25) is 10.7 Å². The molecular formula is C12H19N3O. The van der Waals surface area contributed by atoms with Crippen molar-refractivity contribution in [2.75, 3.05) is 6.54 Å². The Morgan fingerprint density at radius 2 is 2.25 bits per heavy atom. The normalized spacial score (nSPS) is 19.8. The predicted molar refractivity (Wildman–Crippen MR) is 64.3 cm³/mol. The van der Waals surface area contributed by atoms with Crippen molar-refractivity contribution in [3.8, 4) is 12.3 Å². The highest BCUT2D eigenvalue weighted by Gasteiger charge is 2.34. The number of terminal acetylenes is 1. The van der Waals surface area contributed by atoms with Gasteiger partial charge in [0.25, 0.3) is 0 Å². The van der Waals surface area contributed by atoms with Crippen LogP contribution in [-0.4, -0.2) is 29.4 Å². The molecule has 4 heteroatoms. The van der Waals surface area contributed by atoms with E-state index in [0.29, 0.717) is 0 Å². The van der Waals surface area contributed by atoms with Crippen LogP contribution < -0.4 is 5.32 Å². The Kier molecular flexibility index (Phi) is 4.84. The predicted octanol–water partition coefficient (Wildman–Crippen LogP) is 1.96. The van der Waals surface area contributed by atoms with E-state index < -0.39 is 0 Å². The topological polar surface area (TPSA) is 56.2 Å². The number of nitrogens with zero attached hydrogens (tertiary/aromatic N) is 1. The first-order chi connectivity index (χ1) is 7.70. The Morgan fingerprint density at radius 3 is 2.88 bits per heavy atom.